The molecule has 0 aliphatic carbocycles. The first-order valence-electron chi connectivity index (χ1n) is 7.04. The molecule has 1 rings (SSSR count). The number of carbonyl (C=O) groups is 1. The molecule has 0 saturated carbocycles. The third-order valence-electron chi connectivity index (χ3n) is 3.97. The van der Waals surface area contributed by atoms with Crippen LogP contribution in [0.1, 0.15) is 52.4 Å². The number of ether oxygens (including phenoxy) is 1. The van der Waals surface area contributed by atoms with Crippen LogP contribution < -0.4 is 0 Å². The Morgan fingerprint density at radius 1 is 1.35 bits per heavy atom. The summed E-state index contributed by atoms with van der Waals surface area (Å²) in [6.45, 7) is 6.54. The van der Waals surface area contributed by atoms with E-state index in [1.807, 2.05) is 0 Å². The second-order valence-electron chi connectivity index (χ2n) is 5.07. The molecule has 1 fully saturated rings. The molecule has 1 aliphatic heterocycles. The quantitative estimate of drug-likeness (QED) is 0.670. The van der Waals surface area contributed by atoms with E-state index in [1.54, 1.807) is 0 Å². The van der Waals surface area contributed by atoms with Crippen LogP contribution in [-0.4, -0.2) is 37.1 Å². The minimum Gasteiger partial charge on any atom is -0.468 e. The van der Waals surface area contributed by atoms with Crippen molar-refractivity contribution in [2.45, 2.75) is 58.4 Å². The van der Waals surface area contributed by atoms with Crippen LogP contribution in [0.5, 0.6) is 0 Å². The van der Waals surface area contributed by atoms with Crippen LogP contribution in [0.4, 0.5) is 0 Å². The number of nitrogens with zero attached hydrogens (tertiary/aromatic N) is 1. The lowest BCUT2D eigenvalue weighted by Gasteiger charge is -2.36. The number of hydrogen-bond donors (Lipinski definition) is 0. The Balaban J connectivity index is 2.49. The largest absolute Gasteiger partial charge is 0.468 e. The molecule has 0 aromatic carbocycles. The van der Waals surface area contributed by atoms with Crippen LogP contribution >= 0.6 is 0 Å². The SMILES string of the molecule is CCCCC(C(=O)OC)N1CCC(CC)CC1. The van der Waals surface area contributed by atoms with E-state index in [0.717, 1.165) is 38.3 Å². The van der Waals surface area contributed by atoms with E-state index in [-0.39, 0.29) is 12.0 Å². The summed E-state index contributed by atoms with van der Waals surface area (Å²) >= 11 is 0. The van der Waals surface area contributed by atoms with Crippen LogP contribution in [0.15, 0.2) is 0 Å². The molecule has 1 aliphatic rings. The minimum atomic E-state index is -0.0478. The molecule has 3 heteroatoms. The van der Waals surface area contributed by atoms with Gasteiger partial charge in [0.25, 0.3) is 0 Å². The van der Waals surface area contributed by atoms with Crippen LogP contribution in [0.2, 0.25) is 0 Å². The molecular formula is C14H27NO2. The number of esters is 1. The molecule has 0 radical (unpaired) electrons. The molecule has 1 saturated heterocycles. The van der Waals surface area contributed by atoms with Gasteiger partial charge in [-0.25, -0.2) is 0 Å². The topological polar surface area (TPSA) is 29.5 Å². The van der Waals surface area contributed by atoms with Gasteiger partial charge in [0.2, 0.25) is 0 Å². The summed E-state index contributed by atoms with van der Waals surface area (Å²) in [5, 5.41) is 0. The summed E-state index contributed by atoms with van der Waals surface area (Å²) in [5.41, 5.74) is 0. The van der Waals surface area contributed by atoms with E-state index in [2.05, 4.69) is 18.7 Å². The number of unbranched alkanes of at least 4 members (excludes halogenated alkanes) is 1. The van der Waals surface area contributed by atoms with Crippen molar-refractivity contribution in [1.29, 1.82) is 0 Å². The number of piperidine rings is 1. The van der Waals surface area contributed by atoms with E-state index >= 15 is 0 Å². The highest BCUT2D eigenvalue weighted by Crippen LogP contribution is 2.23. The molecule has 0 bridgehead atoms. The number of carbonyl (C=O) groups excluding carboxylic acids is 1. The standard InChI is InChI=1S/C14H27NO2/c1-4-6-7-13(14(16)17-3)15-10-8-12(5-2)9-11-15/h12-13H,4-11H2,1-3H3. The maximum absolute atomic E-state index is 11.8. The molecule has 3 nitrogen and oxygen atoms in total. The maximum Gasteiger partial charge on any atom is 0.323 e. The van der Waals surface area contributed by atoms with Crippen molar-refractivity contribution < 1.29 is 9.53 Å². The normalized spacial score (nSPS) is 20.2. The van der Waals surface area contributed by atoms with Gasteiger partial charge in [0.1, 0.15) is 6.04 Å². The van der Waals surface area contributed by atoms with Gasteiger partial charge in [-0.05, 0) is 38.3 Å². The number of rotatable bonds is 6. The minimum absolute atomic E-state index is 0.00208. The highest BCUT2D eigenvalue weighted by molar-refractivity contribution is 5.75. The Kier molecular flexibility index (Phi) is 6.56. The summed E-state index contributed by atoms with van der Waals surface area (Å²) in [4.78, 5) is 14.1. The van der Waals surface area contributed by atoms with Crippen LogP contribution in [-0.2, 0) is 9.53 Å². The average Bonchev–Trinajstić information content (AvgIpc) is 2.39. The highest BCUT2D eigenvalue weighted by Gasteiger charge is 2.29. The fourth-order valence-electron chi connectivity index (χ4n) is 2.66. The summed E-state index contributed by atoms with van der Waals surface area (Å²) in [5.74, 6) is 0.809. The Bertz CT molecular complexity index is 222. The third kappa shape index (κ3) is 4.30. The van der Waals surface area contributed by atoms with E-state index < -0.39 is 0 Å². The number of likely N-dealkylation sites (tertiary alicyclic amines) is 1. The Morgan fingerprint density at radius 2 is 2.00 bits per heavy atom. The zero-order valence-electron chi connectivity index (χ0n) is 11.6. The molecule has 1 unspecified atom stereocenters. The molecule has 0 aromatic rings. The summed E-state index contributed by atoms with van der Waals surface area (Å²) in [7, 11) is 1.50. The van der Waals surface area contributed by atoms with Gasteiger partial charge in [0.05, 0.1) is 7.11 Å². The molecule has 0 N–H and O–H groups in total. The van der Waals surface area contributed by atoms with Crippen LogP contribution in [0.3, 0.4) is 0 Å². The van der Waals surface area contributed by atoms with Crippen LogP contribution in [0, 0.1) is 5.92 Å². The molecule has 17 heavy (non-hydrogen) atoms. The van der Waals surface area contributed by atoms with E-state index in [4.69, 9.17) is 4.74 Å². The van der Waals surface area contributed by atoms with Crippen molar-refractivity contribution in [3.8, 4) is 0 Å². The van der Waals surface area contributed by atoms with Crippen molar-refractivity contribution in [2.24, 2.45) is 5.92 Å². The maximum atomic E-state index is 11.8. The molecule has 100 valence electrons. The molecule has 0 spiro atoms. The van der Waals surface area contributed by atoms with Crippen molar-refractivity contribution in [3.63, 3.8) is 0 Å². The predicted octanol–water partition coefficient (Wildman–Crippen LogP) is 2.84. The molecule has 1 atom stereocenters. The second kappa shape index (κ2) is 7.70. The third-order valence-corrected chi connectivity index (χ3v) is 3.97. The predicted molar refractivity (Wildman–Crippen MR) is 69.9 cm³/mol. The molecule has 0 amide bonds. The Morgan fingerprint density at radius 3 is 2.47 bits per heavy atom. The molecule has 1 heterocycles. The van der Waals surface area contributed by atoms with Gasteiger partial charge in [0, 0.05) is 0 Å². The zero-order chi connectivity index (χ0) is 12.7. The highest BCUT2D eigenvalue weighted by atomic mass is 16.5. The van der Waals surface area contributed by atoms with E-state index in [9.17, 15) is 4.79 Å². The lowest BCUT2D eigenvalue weighted by atomic mass is 9.93. The van der Waals surface area contributed by atoms with Crippen molar-refractivity contribution >= 4 is 5.97 Å². The fraction of sp³-hybridized carbons (Fsp3) is 0.929. The summed E-state index contributed by atoms with van der Waals surface area (Å²) in [6, 6.07) is -0.00208. The first-order chi connectivity index (χ1) is 8.22. The first kappa shape index (κ1) is 14.5. The zero-order valence-corrected chi connectivity index (χ0v) is 11.6. The van der Waals surface area contributed by atoms with Gasteiger partial charge in [0.15, 0.2) is 0 Å². The lowest BCUT2D eigenvalue weighted by Crippen LogP contribution is -2.46. The van der Waals surface area contributed by atoms with Gasteiger partial charge < -0.3 is 4.74 Å². The van der Waals surface area contributed by atoms with Gasteiger partial charge in [-0.3, -0.25) is 9.69 Å². The average molecular weight is 241 g/mol. The van der Waals surface area contributed by atoms with Crippen molar-refractivity contribution in [3.05, 3.63) is 0 Å². The summed E-state index contributed by atoms with van der Waals surface area (Å²) in [6.07, 6.45) is 6.92. The molecular weight excluding hydrogens is 214 g/mol. The number of methoxy groups -OCH3 is 1. The number of hydrogen-bond acceptors (Lipinski definition) is 3. The van der Waals surface area contributed by atoms with Gasteiger partial charge in [-0.1, -0.05) is 33.1 Å². The first-order valence-corrected chi connectivity index (χ1v) is 7.04. The van der Waals surface area contributed by atoms with E-state index in [0.29, 0.717) is 0 Å². The van der Waals surface area contributed by atoms with Crippen molar-refractivity contribution in [1.82, 2.24) is 4.90 Å². The van der Waals surface area contributed by atoms with Crippen molar-refractivity contribution in [2.75, 3.05) is 20.2 Å². The van der Waals surface area contributed by atoms with Crippen LogP contribution in [0.25, 0.3) is 0 Å². The Labute approximate surface area is 106 Å². The lowest BCUT2D eigenvalue weighted by molar-refractivity contribution is -0.148. The van der Waals surface area contributed by atoms with Gasteiger partial charge in [-0.15, -0.1) is 0 Å². The Hall–Kier alpha value is -0.570. The fourth-order valence-corrected chi connectivity index (χ4v) is 2.66. The molecule has 0 aromatic heterocycles. The smallest absolute Gasteiger partial charge is 0.323 e. The summed E-state index contributed by atoms with van der Waals surface area (Å²) < 4.78 is 4.94. The van der Waals surface area contributed by atoms with E-state index in [1.165, 1.54) is 26.4 Å². The van der Waals surface area contributed by atoms with Gasteiger partial charge >= 0.3 is 5.97 Å². The monoisotopic (exact) mass is 241 g/mol. The second-order valence-corrected chi connectivity index (χ2v) is 5.07. The van der Waals surface area contributed by atoms with Gasteiger partial charge in [-0.2, -0.15) is 0 Å².